The van der Waals surface area contributed by atoms with Gasteiger partial charge in [0.25, 0.3) is 5.91 Å². The van der Waals surface area contributed by atoms with Crippen LogP contribution in [0.2, 0.25) is 0 Å². The van der Waals surface area contributed by atoms with Gasteiger partial charge in [-0.1, -0.05) is 5.21 Å². The number of carbonyl (C=O) groups is 1. The van der Waals surface area contributed by atoms with Crippen molar-refractivity contribution < 1.29 is 18.0 Å². The normalized spacial score (nSPS) is 11.5. The largest absolute Gasteiger partial charge is 0.417 e. The van der Waals surface area contributed by atoms with E-state index in [0.29, 0.717) is 11.9 Å². The van der Waals surface area contributed by atoms with Gasteiger partial charge in [0.2, 0.25) is 0 Å². The van der Waals surface area contributed by atoms with Crippen LogP contribution in [0.15, 0.2) is 36.8 Å². The summed E-state index contributed by atoms with van der Waals surface area (Å²) < 4.78 is 38.6. The summed E-state index contributed by atoms with van der Waals surface area (Å²) >= 11 is 0. The van der Waals surface area contributed by atoms with E-state index in [-0.39, 0.29) is 18.1 Å². The summed E-state index contributed by atoms with van der Waals surface area (Å²) in [6.45, 7) is 0.226. The number of aromatic amines is 1. The van der Waals surface area contributed by atoms with Crippen LogP contribution in [-0.2, 0) is 12.7 Å². The first-order valence-corrected chi connectivity index (χ1v) is 6.66. The predicted octanol–water partition coefficient (Wildman–Crippen LogP) is 1.33. The molecule has 0 unspecified atom stereocenters. The smallest absolute Gasteiger partial charge is 0.345 e. The summed E-state index contributed by atoms with van der Waals surface area (Å²) in [6, 6.07) is 3.72. The number of halogens is 3. The lowest BCUT2D eigenvalue weighted by Crippen LogP contribution is -2.23. The van der Waals surface area contributed by atoms with Crippen LogP contribution in [0.25, 0.3) is 5.82 Å². The van der Waals surface area contributed by atoms with Crippen LogP contribution in [0.1, 0.15) is 21.7 Å². The average molecular weight is 337 g/mol. The maximum atomic E-state index is 12.5. The highest BCUT2D eigenvalue weighted by Gasteiger charge is 2.30. The lowest BCUT2D eigenvalue weighted by molar-refractivity contribution is -0.137. The van der Waals surface area contributed by atoms with E-state index >= 15 is 0 Å². The molecule has 11 heteroatoms. The zero-order chi connectivity index (χ0) is 17.2. The molecule has 1 amide bonds. The highest BCUT2D eigenvalue weighted by Crippen LogP contribution is 2.28. The van der Waals surface area contributed by atoms with Crippen LogP contribution < -0.4 is 5.32 Å². The first-order chi connectivity index (χ1) is 11.4. The minimum absolute atomic E-state index is 0.0104. The van der Waals surface area contributed by atoms with E-state index in [9.17, 15) is 18.0 Å². The fourth-order valence-electron chi connectivity index (χ4n) is 1.82. The second-order valence-electron chi connectivity index (χ2n) is 4.72. The topological polar surface area (TPSA) is 101 Å². The van der Waals surface area contributed by atoms with Gasteiger partial charge < -0.3 is 5.32 Å². The van der Waals surface area contributed by atoms with Gasteiger partial charge in [0.15, 0.2) is 11.5 Å². The Hall–Kier alpha value is -3.24. The minimum Gasteiger partial charge on any atom is -0.345 e. The number of hydrogen-bond acceptors (Lipinski definition) is 5. The molecule has 3 aromatic rings. The molecule has 0 saturated heterocycles. The summed E-state index contributed by atoms with van der Waals surface area (Å²) in [7, 11) is 0. The van der Waals surface area contributed by atoms with Crippen molar-refractivity contribution in [3.05, 3.63) is 53.7 Å². The van der Waals surface area contributed by atoms with Gasteiger partial charge in [-0.25, -0.2) is 9.67 Å². The number of pyridine rings is 1. The molecule has 0 bridgehead atoms. The lowest BCUT2D eigenvalue weighted by Gasteiger charge is -2.06. The molecule has 8 nitrogen and oxygen atoms in total. The number of carbonyl (C=O) groups excluding carboxylic acids is 1. The molecule has 0 aliphatic heterocycles. The van der Waals surface area contributed by atoms with Gasteiger partial charge in [0, 0.05) is 12.4 Å². The van der Waals surface area contributed by atoms with Gasteiger partial charge in [-0.15, -0.1) is 5.10 Å². The third kappa shape index (κ3) is 3.39. The molecule has 3 aromatic heterocycles. The van der Waals surface area contributed by atoms with E-state index in [1.807, 2.05) is 0 Å². The molecule has 3 rings (SSSR count). The van der Waals surface area contributed by atoms with Crippen LogP contribution in [0.3, 0.4) is 0 Å². The van der Waals surface area contributed by atoms with E-state index in [2.05, 4.69) is 30.8 Å². The van der Waals surface area contributed by atoms with Crippen molar-refractivity contribution in [2.45, 2.75) is 12.7 Å². The summed E-state index contributed by atoms with van der Waals surface area (Å²) in [4.78, 5) is 15.6. The van der Waals surface area contributed by atoms with Gasteiger partial charge in [0.1, 0.15) is 0 Å². The Balaban J connectivity index is 1.69. The first-order valence-electron chi connectivity index (χ1n) is 6.66. The van der Waals surface area contributed by atoms with Crippen molar-refractivity contribution in [2.24, 2.45) is 0 Å². The predicted molar refractivity (Wildman–Crippen MR) is 73.9 cm³/mol. The molecule has 0 fully saturated rings. The third-order valence-electron chi connectivity index (χ3n) is 3.03. The van der Waals surface area contributed by atoms with Gasteiger partial charge >= 0.3 is 6.18 Å². The number of hydrogen-bond donors (Lipinski definition) is 2. The number of H-pyrrole nitrogens is 1. The zero-order valence-electron chi connectivity index (χ0n) is 11.9. The second-order valence-corrected chi connectivity index (χ2v) is 4.72. The number of amides is 1. The maximum Gasteiger partial charge on any atom is 0.417 e. The minimum atomic E-state index is -4.47. The van der Waals surface area contributed by atoms with Gasteiger partial charge in [-0.05, 0) is 18.2 Å². The highest BCUT2D eigenvalue weighted by molar-refractivity contribution is 5.91. The monoisotopic (exact) mass is 337 g/mol. The average Bonchev–Trinajstić information content (AvgIpc) is 3.23. The molecule has 124 valence electrons. The Kier molecular flexibility index (Phi) is 3.98. The van der Waals surface area contributed by atoms with Crippen LogP contribution in [0.4, 0.5) is 13.2 Å². The summed E-state index contributed by atoms with van der Waals surface area (Å²) in [5.74, 6) is -0.370. The highest BCUT2D eigenvalue weighted by atomic mass is 19.4. The molecule has 0 atom stereocenters. The lowest BCUT2D eigenvalue weighted by atomic mass is 10.3. The molecule has 24 heavy (non-hydrogen) atoms. The molecule has 0 aliphatic rings. The Morgan fingerprint density at radius 1 is 1.29 bits per heavy atom. The van der Waals surface area contributed by atoms with Gasteiger partial charge in [-0.2, -0.15) is 18.3 Å². The zero-order valence-corrected chi connectivity index (χ0v) is 11.9. The molecule has 0 aliphatic carbocycles. The van der Waals surface area contributed by atoms with Crippen LogP contribution in [-0.4, -0.2) is 36.1 Å². The molecule has 0 aromatic carbocycles. The molecule has 3 heterocycles. The third-order valence-corrected chi connectivity index (χ3v) is 3.03. The number of rotatable bonds is 4. The van der Waals surface area contributed by atoms with Crippen LogP contribution in [0, 0.1) is 0 Å². The second kappa shape index (κ2) is 6.10. The van der Waals surface area contributed by atoms with Crippen molar-refractivity contribution in [3.63, 3.8) is 0 Å². The molecule has 2 N–H and O–H groups in total. The van der Waals surface area contributed by atoms with E-state index in [1.165, 1.54) is 6.20 Å². The van der Waals surface area contributed by atoms with Crippen molar-refractivity contribution in [1.82, 2.24) is 35.5 Å². The van der Waals surface area contributed by atoms with E-state index in [4.69, 9.17) is 0 Å². The molecule has 0 saturated carbocycles. The quantitative estimate of drug-likeness (QED) is 0.748. The van der Waals surface area contributed by atoms with Crippen LogP contribution in [0.5, 0.6) is 0 Å². The molecular formula is C13H10F3N7O. The summed E-state index contributed by atoms with van der Waals surface area (Å²) in [6.07, 6.45) is -0.952. The van der Waals surface area contributed by atoms with E-state index in [1.54, 1.807) is 12.3 Å². The SMILES string of the molecule is O=C(NCc1ccn[nH]1)c1cn(-c2ccc(C(F)(F)F)cn2)nn1. The number of nitrogens with zero attached hydrogens (tertiary/aromatic N) is 5. The fourth-order valence-corrected chi connectivity index (χ4v) is 1.82. The van der Waals surface area contributed by atoms with E-state index in [0.717, 1.165) is 16.8 Å². The van der Waals surface area contributed by atoms with Crippen molar-refractivity contribution in [2.75, 3.05) is 0 Å². The van der Waals surface area contributed by atoms with Crippen LogP contribution >= 0.6 is 0 Å². The number of alkyl halides is 3. The van der Waals surface area contributed by atoms with E-state index < -0.39 is 17.6 Å². The Morgan fingerprint density at radius 2 is 2.12 bits per heavy atom. The summed E-state index contributed by atoms with van der Waals surface area (Å²) in [5.41, 5.74) is -0.153. The number of aromatic nitrogens is 6. The standard InChI is InChI=1S/C13H10F3N7O/c14-13(15,16)8-1-2-11(17-5-8)23-7-10(21-22-23)12(24)18-6-9-3-4-19-20-9/h1-5,7H,6H2,(H,18,24)(H,19,20). The Labute approximate surface area is 132 Å². The summed E-state index contributed by atoms with van der Waals surface area (Å²) in [5, 5.41) is 16.4. The Morgan fingerprint density at radius 3 is 2.75 bits per heavy atom. The molecular weight excluding hydrogens is 327 g/mol. The van der Waals surface area contributed by atoms with Crippen molar-refractivity contribution >= 4 is 5.91 Å². The molecule has 0 spiro atoms. The van der Waals surface area contributed by atoms with Gasteiger partial charge in [-0.3, -0.25) is 9.89 Å². The maximum absolute atomic E-state index is 12.5. The van der Waals surface area contributed by atoms with Crippen molar-refractivity contribution in [1.29, 1.82) is 0 Å². The van der Waals surface area contributed by atoms with Gasteiger partial charge in [0.05, 0.1) is 24.0 Å². The Bertz CT molecular complexity index is 824. The number of nitrogens with one attached hydrogen (secondary N) is 2. The van der Waals surface area contributed by atoms with Crippen molar-refractivity contribution in [3.8, 4) is 5.82 Å². The fraction of sp³-hybridized carbons (Fsp3) is 0.154. The first kappa shape index (κ1) is 15.6. The molecule has 0 radical (unpaired) electrons.